The highest BCUT2D eigenvalue weighted by Crippen LogP contribution is 2.10. The maximum atomic E-state index is 12.2. The summed E-state index contributed by atoms with van der Waals surface area (Å²) in [6, 6.07) is 5.75. The average Bonchev–Trinajstić information content (AvgIpc) is 2.49. The Morgan fingerprint density at radius 3 is 2.50 bits per heavy atom. The van der Waals surface area contributed by atoms with E-state index in [0.29, 0.717) is 12.0 Å². The number of hydrogen-bond donors (Lipinski definition) is 2. The average molecular weight is 329 g/mol. The molecule has 0 aliphatic heterocycles. The van der Waals surface area contributed by atoms with Gasteiger partial charge in [-0.15, -0.1) is 0 Å². The Morgan fingerprint density at radius 1 is 1.32 bits per heavy atom. The number of benzene rings is 1. The molecule has 0 aromatic heterocycles. The first kappa shape index (κ1) is 18.1. The fourth-order valence-electron chi connectivity index (χ4n) is 1.94. The molecule has 1 rings (SSSR count). The van der Waals surface area contributed by atoms with E-state index in [0.717, 1.165) is 12.7 Å². The maximum absolute atomic E-state index is 12.2. The van der Waals surface area contributed by atoms with Gasteiger partial charge < -0.3 is 10.1 Å². The van der Waals surface area contributed by atoms with Gasteiger partial charge in [0.05, 0.1) is 12.9 Å². The summed E-state index contributed by atoms with van der Waals surface area (Å²) in [6.45, 7) is 1.89. The highest BCUT2D eigenvalue weighted by Gasteiger charge is 2.24. The summed E-state index contributed by atoms with van der Waals surface area (Å²) in [4.78, 5) is 23.9. The number of nitrogens with one attached hydrogen (secondary N) is 1. The predicted molar refractivity (Wildman–Crippen MR) is 80.1 cm³/mol. The molecular formula is C14H19NO6S. The molecule has 1 amide bonds. The molecule has 8 heteroatoms. The molecule has 22 heavy (non-hydrogen) atoms. The first-order valence-corrected chi connectivity index (χ1v) is 8.31. The number of amides is 1. The molecule has 1 aromatic carbocycles. The second-order valence-electron chi connectivity index (χ2n) is 4.63. The van der Waals surface area contributed by atoms with Crippen molar-refractivity contribution in [3.63, 3.8) is 0 Å². The van der Waals surface area contributed by atoms with Crippen LogP contribution in [0.3, 0.4) is 0 Å². The SMILES string of the molecule is CCc1ccccc1C(=O)N[C@@H](CCS(=O)(=O)O)C(=O)OC. The molecular weight excluding hydrogens is 310 g/mol. The fraction of sp³-hybridized carbons (Fsp3) is 0.429. The van der Waals surface area contributed by atoms with Crippen LogP contribution >= 0.6 is 0 Å². The topological polar surface area (TPSA) is 110 Å². The Kier molecular flexibility index (Phi) is 6.51. The van der Waals surface area contributed by atoms with Gasteiger partial charge in [-0.1, -0.05) is 25.1 Å². The third kappa shape index (κ3) is 5.45. The first-order chi connectivity index (χ1) is 10.3. The predicted octanol–water partition coefficient (Wildman–Crippen LogP) is 0.798. The van der Waals surface area contributed by atoms with E-state index in [-0.39, 0.29) is 6.42 Å². The second-order valence-corrected chi connectivity index (χ2v) is 6.21. The van der Waals surface area contributed by atoms with E-state index < -0.39 is 33.8 Å². The van der Waals surface area contributed by atoms with E-state index in [1.54, 1.807) is 24.3 Å². The Hall–Kier alpha value is -1.93. The summed E-state index contributed by atoms with van der Waals surface area (Å²) in [6.07, 6.45) is 0.364. The normalized spacial score (nSPS) is 12.5. The van der Waals surface area contributed by atoms with Crippen molar-refractivity contribution < 1.29 is 27.3 Å². The number of methoxy groups -OCH3 is 1. The lowest BCUT2D eigenvalue weighted by Crippen LogP contribution is -2.42. The molecule has 1 atom stereocenters. The van der Waals surface area contributed by atoms with Crippen molar-refractivity contribution >= 4 is 22.0 Å². The summed E-state index contributed by atoms with van der Waals surface area (Å²) in [7, 11) is -3.10. The van der Waals surface area contributed by atoms with Crippen molar-refractivity contribution in [2.24, 2.45) is 0 Å². The van der Waals surface area contributed by atoms with Crippen molar-refractivity contribution in [1.29, 1.82) is 0 Å². The molecule has 0 bridgehead atoms. The highest BCUT2D eigenvalue weighted by atomic mass is 32.2. The maximum Gasteiger partial charge on any atom is 0.328 e. The van der Waals surface area contributed by atoms with Crippen LogP contribution in [0, 0.1) is 0 Å². The number of esters is 1. The van der Waals surface area contributed by atoms with Gasteiger partial charge in [0.2, 0.25) is 0 Å². The Balaban J connectivity index is 2.89. The van der Waals surface area contributed by atoms with E-state index in [9.17, 15) is 18.0 Å². The van der Waals surface area contributed by atoms with Crippen LogP contribution in [0.1, 0.15) is 29.3 Å². The zero-order chi connectivity index (χ0) is 16.8. The van der Waals surface area contributed by atoms with E-state index in [1.165, 1.54) is 0 Å². The minimum Gasteiger partial charge on any atom is -0.467 e. The third-order valence-corrected chi connectivity index (χ3v) is 3.85. The van der Waals surface area contributed by atoms with Crippen LogP contribution in [0.5, 0.6) is 0 Å². The number of carbonyl (C=O) groups is 2. The lowest BCUT2D eigenvalue weighted by molar-refractivity contribution is -0.142. The van der Waals surface area contributed by atoms with Crippen LogP contribution < -0.4 is 5.32 Å². The number of ether oxygens (including phenoxy) is 1. The van der Waals surface area contributed by atoms with Crippen molar-refractivity contribution in [3.05, 3.63) is 35.4 Å². The smallest absolute Gasteiger partial charge is 0.328 e. The van der Waals surface area contributed by atoms with Gasteiger partial charge in [-0.05, 0) is 24.5 Å². The molecule has 0 fully saturated rings. The molecule has 0 unspecified atom stereocenters. The standard InChI is InChI=1S/C14H19NO6S/c1-3-10-6-4-5-7-11(10)13(16)15-12(14(17)21-2)8-9-22(18,19)20/h4-7,12H,3,8-9H2,1-2H3,(H,15,16)(H,18,19,20)/t12-/m0/s1. The van der Waals surface area contributed by atoms with E-state index >= 15 is 0 Å². The zero-order valence-corrected chi connectivity index (χ0v) is 13.2. The second kappa shape index (κ2) is 7.90. The molecule has 0 spiro atoms. The van der Waals surface area contributed by atoms with Gasteiger partial charge in [0, 0.05) is 5.56 Å². The van der Waals surface area contributed by atoms with Gasteiger partial charge in [-0.3, -0.25) is 9.35 Å². The summed E-state index contributed by atoms with van der Waals surface area (Å²) < 4.78 is 34.9. The number of aryl methyl sites for hydroxylation is 1. The summed E-state index contributed by atoms with van der Waals surface area (Å²) in [5.74, 6) is -1.92. The minimum atomic E-state index is -4.23. The molecule has 0 aliphatic rings. The molecule has 0 saturated heterocycles. The largest absolute Gasteiger partial charge is 0.467 e. The van der Waals surface area contributed by atoms with Crippen LogP contribution in [0.15, 0.2) is 24.3 Å². The monoisotopic (exact) mass is 329 g/mol. The van der Waals surface area contributed by atoms with Gasteiger partial charge in [-0.2, -0.15) is 8.42 Å². The Labute approximate surface area is 129 Å². The fourth-order valence-corrected chi connectivity index (χ4v) is 2.48. The lowest BCUT2D eigenvalue weighted by Gasteiger charge is -2.17. The van der Waals surface area contributed by atoms with Crippen LogP contribution in [0.4, 0.5) is 0 Å². The van der Waals surface area contributed by atoms with Crippen molar-refractivity contribution in [1.82, 2.24) is 5.32 Å². The Morgan fingerprint density at radius 2 is 1.95 bits per heavy atom. The number of rotatable bonds is 7. The zero-order valence-electron chi connectivity index (χ0n) is 12.4. The molecule has 0 heterocycles. The Bertz CT molecular complexity index is 640. The summed E-state index contributed by atoms with van der Waals surface area (Å²) in [5, 5.41) is 2.44. The summed E-state index contributed by atoms with van der Waals surface area (Å²) in [5.41, 5.74) is 1.21. The molecule has 0 saturated carbocycles. The van der Waals surface area contributed by atoms with Gasteiger partial charge >= 0.3 is 5.97 Å². The van der Waals surface area contributed by atoms with Gasteiger partial charge in [0.15, 0.2) is 0 Å². The van der Waals surface area contributed by atoms with E-state index in [2.05, 4.69) is 10.1 Å². The van der Waals surface area contributed by atoms with Crippen molar-refractivity contribution in [2.75, 3.05) is 12.9 Å². The molecule has 122 valence electrons. The van der Waals surface area contributed by atoms with E-state index in [4.69, 9.17) is 4.55 Å². The lowest BCUT2D eigenvalue weighted by atomic mass is 10.0. The van der Waals surface area contributed by atoms with Crippen LogP contribution in [0.25, 0.3) is 0 Å². The number of hydrogen-bond acceptors (Lipinski definition) is 5. The summed E-state index contributed by atoms with van der Waals surface area (Å²) >= 11 is 0. The van der Waals surface area contributed by atoms with Crippen LogP contribution in [-0.2, 0) is 26.1 Å². The molecule has 2 N–H and O–H groups in total. The van der Waals surface area contributed by atoms with Gasteiger partial charge in [0.1, 0.15) is 6.04 Å². The molecule has 7 nitrogen and oxygen atoms in total. The van der Waals surface area contributed by atoms with E-state index in [1.807, 2.05) is 6.92 Å². The third-order valence-electron chi connectivity index (χ3n) is 3.10. The van der Waals surface area contributed by atoms with Crippen molar-refractivity contribution in [2.45, 2.75) is 25.8 Å². The van der Waals surface area contributed by atoms with Crippen LogP contribution in [0.2, 0.25) is 0 Å². The molecule has 1 aromatic rings. The minimum absolute atomic E-state index is 0.272. The first-order valence-electron chi connectivity index (χ1n) is 6.70. The van der Waals surface area contributed by atoms with Crippen LogP contribution in [-0.4, -0.2) is 43.8 Å². The van der Waals surface area contributed by atoms with Gasteiger partial charge in [-0.25, -0.2) is 4.79 Å². The van der Waals surface area contributed by atoms with Gasteiger partial charge in [0.25, 0.3) is 16.0 Å². The quantitative estimate of drug-likeness (QED) is 0.565. The molecule has 0 radical (unpaired) electrons. The number of carbonyl (C=O) groups excluding carboxylic acids is 2. The van der Waals surface area contributed by atoms with Crippen molar-refractivity contribution in [3.8, 4) is 0 Å². The molecule has 0 aliphatic carbocycles. The highest BCUT2D eigenvalue weighted by molar-refractivity contribution is 7.85.